The van der Waals surface area contributed by atoms with Crippen molar-refractivity contribution in [2.75, 3.05) is 27.2 Å². The summed E-state index contributed by atoms with van der Waals surface area (Å²) in [6.07, 6.45) is 2.95. The van der Waals surface area contributed by atoms with Crippen molar-refractivity contribution >= 4 is 0 Å². The molecule has 1 aliphatic rings. The molecule has 0 aliphatic carbocycles. The van der Waals surface area contributed by atoms with Gasteiger partial charge in [-0.2, -0.15) is 0 Å². The average Bonchev–Trinajstić information content (AvgIpc) is 2.46. The summed E-state index contributed by atoms with van der Waals surface area (Å²) in [5.74, 6) is 1.60. The van der Waals surface area contributed by atoms with Crippen LogP contribution in [-0.4, -0.2) is 37.1 Å². The molecule has 0 N–H and O–H groups in total. The fraction of sp³-hybridized carbons (Fsp3) is 0.389. The van der Waals surface area contributed by atoms with Gasteiger partial charge in [0.05, 0.1) is 6.61 Å². The van der Waals surface area contributed by atoms with Gasteiger partial charge >= 0.3 is 0 Å². The topological polar surface area (TPSA) is 25.4 Å². The van der Waals surface area contributed by atoms with Crippen molar-refractivity contribution in [1.82, 2.24) is 9.88 Å². The highest BCUT2D eigenvalue weighted by Gasteiger charge is 2.24. The molecule has 110 valence electrons. The van der Waals surface area contributed by atoms with Gasteiger partial charge in [-0.15, -0.1) is 0 Å². The van der Waals surface area contributed by atoms with Gasteiger partial charge in [-0.3, -0.25) is 4.98 Å². The molecule has 0 amide bonds. The monoisotopic (exact) mass is 282 g/mol. The molecule has 1 aliphatic heterocycles. The van der Waals surface area contributed by atoms with Crippen LogP contribution >= 0.6 is 0 Å². The van der Waals surface area contributed by atoms with E-state index >= 15 is 0 Å². The lowest BCUT2D eigenvalue weighted by Gasteiger charge is -2.29. The molecule has 0 saturated carbocycles. The molecule has 3 nitrogen and oxygen atoms in total. The zero-order valence-corrected chi connectivity index (χ0v) is 13.0. The minimum absolute atomic E-state index is 0.548. The first-order valence-corrected chi connectivity index (χ1v) is 7.48. The lowest BCUT2D eigenvalue weighted by molar-refractivity contribution is 0.245. The van der Waals surface area contributed by atoms with Crippen molar-refractivity contribution < 1.29 is 4.74 Å². The Morgan fingerprint density at radius 2 is 2.14 bits per heavy atom. The number of aryl methyl sites for hydroxylation is 1. The van der Waals surface area contributed by atoms with Crippen LogP contribution in [0.1, 0.15) is 23.6 Å². The molecule has 21 heavy (non-hydrogen) atoms. The highest BCUT2D eigenvalue weighted by Crippen LogP contribution is 2.41. The second-order valence-electron chi connectivity index (χ2n) is 6.01. The Morgan fingerprint density at radius 1 is 1.29 bits per heavy atom. The molecular formula is C18H22N2O. The fourth-order valence-electron chi connectivity index (χ4n) is 3.07. The molecular weight excluding hydrogens is 260 g/mol. The third kappa shape index (κ3) is 2.93. The molecule has 0 spiro atoms. The number of rotatable bonds is 3. The summed E-state index contributed by atoms with van der Waals surface area (Å²) in [6, 6.07) is 10.7. The van der Waals surface area contributed by atoms with Gasteiger partial charge in [-0.25, -0.2) is 0 Å². The molecule has 3 rings (SSSR count). The molecule has 2 heterocycles. The first kappa shape index (κ1) is 14.1. The standard InChI is InChI=1S/C18H22N2O/c1-13-11-14(7-9-19-13)16-5-4-6-17-15(12-20(2)3)8-10-21-18(16)17/h4-7,9,11,15H,8,10,12H2,1-3H3/t15-/m1/s1. The van der Waals surface area contributed by atoms with Gasteiger partial charge in [0.2, 0.25) is 0 Å². The summed E-state index contributed by atoms with van der Waals surface area (Å²) >= 11 is 0. The third-order valence-corrected chi connectivity index (χ3v) is 3.99. The minimum atomic E-state index is 0.548. The normalized spacial score (nSPS) is 17.4. The smallest absolute Gasteiger partial charge is 0.130 e. The molecule has 0 radical (unpaired) electrons. The van der Waals surface area contributed by atoms with Gasteiger partial charge in [-0.1, -0.05) is 18.2 Å². The number of ether oxygens (including phenoxy) is 1. The largest absolute Gasteiger partial charge is 0.493 e. The molecule has 1 atom stereocenters. The lowest BCUT2D eigenvalue weighted by atomic mass is 9.89. The summed E-state index contributed by atoms with van der Waals surface area (Å²) in [4.78, 5) is 6.54. The van der Waals surface area contributed by atoms with Crippen molar-refractivity contribution in [3.8, 4) is 16.9 Å². The van der Waals surface area contributed by atoms with E-state index in [1.165, 1.54) is 16.7 Å². The molecule has 1 aromatic heterocycles. The summed E-state index contributed by atoms with van der Waals surface area (Å²) in [6.45, 7) is 3.89. The van der Waals surface area contributed by atoms with E-state index in [2.05, 4.69) is 54.3 Å². The number of pyridine rings is 1. The zero-order valence-electron chi connectivity index (χ0n) is 13.0. The maximum Gasteiger partial charge on any atom is 0.130 e. The number of nitrogens with zero attached hydrogens (tertiary/aromatic N) is 2. The molecule has 0 bridgehead atoms. The van der Waals surface area contributed by atoms with Crippen LogP contribution in [0, 0.1) is 6.92 Å². The van der Waals surface area contributed by atoms with E-state index in [9.17, 15) is 0 Å². The van der Waals surface area contributed by atoms with Crippen LogP contribution in [0.5, 0.6) is 5.75 Å². The Balaban J connectivity index is 2.04. The maximum absolute atomic E-state index is 6.02. The summed E-state index contributed by atoms with van der Waals surface area (Å²) in [5.41, 5.74) is 4.74. The van der Waals surface area contributed by atoms with E-state index in [0.717, 1.165) is 31.0 Å². The molecule has 2 aromatic rings. The van der Waals surface area contributed by atoms with Crippen molar-refractivity contribution in [1.29, 1.82) is 0 Å². The van der Waals surface area contributed by atoms with E-state index in [1.54, 1.807) is 0 Å². The predicted octanol–water partition coefficient (Wildman–Crippen LogP) is 3.48. The van der Waals surface area contributed by atoms with Gasteiger partial charge < -0.3 is 9.64 Å². The number of benzene rings is 1. The van der Waals surface area contributed by atoms with Crippen LogP contribution in [0.3, 0.4) is 0 Å². The lowest BCUT2D eigenvalue weighted by Crippen LogP contribution is -2.25. The van der Waals surface area contributed by atoms with Gasteiger partial charge in [0.15, 0.2) is 0 Å². The summed E-state index contributed by atoms with van der Waals surface area (Å²) < 4.78 is 6.02. The maximum atomic E-state index is 6.02. The Bertz CT molecular complexity index is 637. The van der Waals surface area contributed by atoms with E-state index < -0.39 is 0 Å². The number of hydrogen-bond donors (Lipinski definition) is 0. The molecule has 3 heteroatoms. The first-order chi connectivity index (χ1) is 10.1. The van der Waals surface area contributed by atoms with Crippen LogP contribution in [-0.2, 0) is 0 Å². The van der Waals surface area contributed by atoms with Crippen LogP contribution < -0.4 is 4.74 Å². The van der Waals surface area contributed by atoms with Crippen LogP contribution in [0.2, 0.25) is 0 Å². The van der Waals surface area contributed by atoms with E-state index in [1.807, 2.05) is 13.1 Å². The van der Waals surface area contributed by atoms with Crippen LogP contribution in [0.25, 0.3) is 11.1 Å². The third-order valence-electron chi connectivity index (χ3n) is 3.99. The number of para-hydroxylation sites is 1. The number of hydrogen-bond acceptors (Lipinski definition) is 3. The van der Waals surface area contributed by atoms with E-state index in [-0.39, 0.29) is 0 Å². The fourth-order valence-corrected chi connectivity index (χ4v) is 3.07. The van der Waals surface area contributed by atoms with Crippen LogP contribution in [0.15, 0.2) is 36.5 Å². The quantitative estimate of drug-likeness (QED) is 0.861. The Hall–Kier alpha value is -1.87. The first-order valence-electron chi connectivity index (χ1n) is 7.48. The number of likely N-dealkylation sites (N-methyl/N-ethyl adjacent to an activating group) is 1. The number of fused-ring (bicyclic) bond motifs is 1. The SMILES string of the molecule is Cc1cc(-c2cccc3c2OCC[C@@H]3CN(C)C)ccn1. The number of aromatic nitrogens is 1. The predicted molar refractivity (Wildman–Crippen MR) is 85.8 cm³/mol. The Morgan fingerprint density at radius 3 is 2.90 bits per heavy atom. The highest BCUT2D eigenvalue weighted by molar-refractivity contribution is 5.73. The molecule has 0 saturated heterocycles. The van der Waals surface area contributed by atoms with Gasteiger partial charge in [0, 0.05) is 29.9 Å². The highest BCUT2D eigenvalue weighted by atomic mass is 16.5. The second-order valence-corrected chi connectivity index (χ2v) is 6.01. The molecule has 0 unspecified atom stereocenters. The minimum Gasteiger partial charge on any atom is -0.493 e. The van der Waals surface area contributed by atoms with Gasteiger partial charge in [0.1, 0.15) is 5.75 Å². The van der Waals surface area contributed by atoms with Gasteiger partial charge in [0.25, 0.3) is 0 Å². The Kier molecular flexibility index (Phi) is 3.93. The zero-order chi connectivity index (χ0) is 14.8. The van der Waals surface area contributed by atoms with Crippen molar-refractivity contribution in [3.05, 3.63) is 47.8 Å². The summed E-state index contributed by atoms with van der Waals surface area (Å²) in [7, 11) is 4.26. The molecule has 1 aromatic carbocycles. The molecule has 0 fully saturated rings. The second kappa shape index (κ2) is 5.86. The van der Waals surface area contributed by atoms with E-state index in [0.29, 0.717) is 5.92 Å². The van der Waals surface area contributed by atoms with Crippen molar-refractivity contribution in [2.45, 2.75) is 19.3 Å². The average molecular weight is 282 g/mol. The van der Waals surface area contributed by atoms with Crippen LogP contribution in [0.4, 0.5) is 0 Å². The summed E-state index contributed by atoms with van der Waals surface area (Å²) in [5, 5.41) is 0. The van der Waals surface area contributed by atoms with E-state index in [4.69, 9.17) is 4.74 Å². The van der Waals surface area contributed by atoms with Crippen molar-refractivity contribution in [3.63, 3.8) is 0 Å². The van der Waals surface area contributed by atoms with Gasteiger partial charge in [-0.05, 0) is 50.7 Å². The Labute approximate surface area is 126 Å². The van der Waals surface area contributed by atoms with Crippen molar-refractivity contribution in [2.24, 2.45) is 0 Å².